The zero-order valence-electron chi connectivity index (χ0n) is 16.0. The highest BCUT2D eigenvalue weighted by molar-refractivity contribution is 5.94. The number of piperidine rings is 1. The van der Waals surface area contributed by atoms with Crippen molar-refractivity contribution in [2.75, 3.05) is 50.9 Å². The first kappa shape index (κ1) is 17.7. The summed E-state index contributed by atoms with van der Waals surface area (Å²) in [6.07, 6.45) is 4.43. The zero-order valence-corrected chi connectivity index (χ0v) is 16.0. The lowest BCUT2D eigenvalue weighted by molar-refractivity contribution is -0.0962. The highest BCUT2D eigenvalue weighted by Crippen LogP contribution is 2.40. The molecule has 2 aromatic rings. The van der Waals surface area contributed by atoms with Crippen LogP contribution in [0.4, 0.5) is 5.69 Å². The number of H-pyrrole nitrogens is 1. The van der Waals surface area contributed by atoms with Crippen molar-refractivity contribution in [1.82, 2.24) is 15.1 Å². The number of likely N-dealkylation sites (tertiary alicyclic amines) is 1. The summed E-state index contributed by atoms with van der Waals surface area (Å²) >= 11 is 0. The Hall–Kier alpha value is -2.38. The third-order valence-corrected chi connectivity index (χ3v) is 6.27. The molecule has 0 radical (unpaired) electrons. The average molecular weight is 382 g/mol. The lowest BCUT2D eigenvalue weighted by atomic mass is 9.83. The van der Waals surface area contributed by atoms with Gasteiger partial charge < -0.3 is 19.3 Å². The number of rotatable bonds is 2. The Kier molecular flexibility index (Phi) is 4.56. The number of aromatic nitrogens is 2. The minimum absolute atomic E-state index is 0.101. The molecule has 0 unspecified atom stereocenters. The Labute approximate surface area is 164 Å². The van der Waals surface area contributed by atoms with Crippen molar-refractivity contribution in [2.24, 2.45) is 0 Å². The summed E-state index contributed by atoms with van der Waals surface area (Å²) in [5.74, 6) is 0.101. The van der Waals surface area contributed by atoms with Gasteiger partial charge in [-0.05, 0) is 49.1 Å². The molecule has 5 rings (SSSR count). The van der Waals surface area contributed by atoms with Gasteiger partial charge in [0.25, 0.3) is 5.91 Å². The second kappa shape index (κ2) is 7.22. The number of aromatic amines is 1. The van der Waals surface area contributed by atoms with Crippen LogP contribution in [0.2, 0.25) is 0 Å². The van der Waals surface area contributed by atoms with Crippen molar-refractivity contribution in [2.45, 2.75) is 24.9 Å². The summed E-state index contributed by atoms with van der Waals surface area (Å²) in [4.78, 5) is 17.2. The number of fused-ring (bicyclic) bond motifs is 2. The number of hydrogen-bond acceptors (Lipinski definition) is 5. The fourth-order valence-corrected chi connectivity index (χ4v) is 4.61. The standard InChI is InChI=1S/C21H26N4O3/c26-20(16-1-3-18(4-2-16)24-10-13-27-14-11-24)25-8-6-21(7-9-25)19-17(5-12-28-21)15-22-23-19/h1-4,15H,5-14H2,(H,22,23). The molecule has 2 fully saturated rings. The monoisotopic (exact) mass is 382 g/mol. The van der Waals surface area contributed by atoms with Gasteiger partial charge in [-0.15, -0.1) is 0 Å². The van der Waals surface area contributed by atoms with E-state index in [-0.39, 0.29) is 11.5 Å². The molecule has 3 aliphatic rings. The van der Waals surface area contributed by atoms with Crippen molar-refractivity contribution in [1.29, 1.82) is 0 Å². The summed E-state index contributed by atoms with van der Waals surface area (Å²) in [6.45, 7) is 5.44. The Balaban J connectivity index is 1.25. The molecule has 0 atom stereocenters. The molecular weight excluding hydrogens is 356 g/mol. The van der Waals surface area contributed by atoms with Gasteiger partial charge in [0.05, 0.1) is 31.7 Å². The number of carbonyl (C=O) groups is 1. The zero-order chi connectivity index (χ0) is 19.0. The van der Waals surface area contributed by atoms with Crippen LogP contribution in [0.1, 0.15) is 34.5 Å². The maximum Gasteiger partial charge on any atom is 0.253 e. The molecule has 1 amide bonds. The Bertz CT molecular complexity index is 834. The van der Waals surface area contributed by atoms with E-state index in [2.05, 4.69) is 15.1 Å². The van der Waals surface area contributed by atoms with Crippen LogP contribution < -0.4 is 4.90 Å². The number of carbonyl (C=O) groups excluding carboxylic acids is 1. The van der Waals surface area contributed by atoms with Gasteiger partial charge in [0.1, 0.15) is 5.60 Å². The molecule has 1 N–H and O–H groups in total. The van der Waals surface area contributed by atoms with E-state index in [9.17, 15) is 4.79 Å². The van der Waals surface area contributed by atoms with Gasteiger partial charge >= 0.3 is 0 Å². The molecule has 1 aromatic carbocycles. The Morgan fingerprint density at radius 2 is 1.79 bits per heavy atom. The molecule has 1 aromatic heterocycles. The van der Waals surface area contributed by atoms with Crippen LogP contribution in [-0.4, -0.2) is 67.0 Å². The molecule has 2 saturated heterocycles. The molecule has 7 nitrogen and oxygen atoms in total. The van der Waals surface area contributed by atoms with E-state index in [1.807, 2.05) is 35.4 Å². The van der Waals surface area contributed by atoms with Gasteiger partial charge in [-0.1, -0.05) is 0 Å². The fourth-order valence-electron chi connectivity index (χ4n) is 4.61. The molecule has 4 heterocycles. The number of benzene rings is 1. The van der Waals surface area contributed by atoms with Crippen molar-refractivity contribution in [3.8, 4) is 0 Å². The number of anilines is 1. The predicted octanol–water partition coefficient (Wildman–Crippen LogP) is 1.95. The molecule has 0 bridgehead atoms. The van der Waals surface area contributed by atoms with Crippen LogP contribution in [0, 0.1) is 0 Å². The van der Waals surface area contributed by atoms with Crippen LogP contribution in [0.15, 0.2) is 30.5 Å². The maximum atomic E-state index is 13.0. The first-order valence-corrected chi connectivity index (χ1v) is 10.1. The van der Waals surface area contributed by atoms with E-state index < -0.39 is 0 Å². The van der Waals surface area contributed by atoms with Gasteiger partial charge in [0.2, 0.25) is 0 Å². The van der Waals surface area contributed by atoms with E-state index in [0.29, 0.717) is 13.1 Å². The van der Waals surface area contributed by atoms with Crippen LogP contribution in [-0.2, 0) is 21.5 Å². The van der Waals surface area contributed by atoms with Gasteiger partial charge in [0.15, 0.2) is 0 Å². The number of hydrogen-bond donors (Lipinski definition) is 1. The minimum atomic E-state index is -0.305. The fraction of sp³-hybridized carbons (Fsp3) is 0.524. The van der Waals surface area contributed by atoms with Gasteiger partial charge in [-0.3, -0.25) is 9.89 Å². The largest absolute Gasteiger partial charge is 0.378 e. The number of morpholine rings is 1. The summed E-state index contributed by atoms with van der Waals surface area (Å²) < 4.78 is 11.6. The molecule has 0 saturated carbocycles. The quantitative estimate of drug-likeness (QED) is 0.860. The van der Waals surface area contributed by atoms with E-state index >= 15 is 0 Å². The first-order chi connectivity index (χ1) is 13.8. The molecule has 1 spiro atoms. The summed E-state index contributed by atoms with van der Waals surface area (Å²) in [6, 6.07) is 7.99. The van der Waals surface area contributed by atoms with Gasteiger partial charge in [-0.2, -0.15) is 5.10 Å². The summed E-state index contributed by atoms with van der Waals surface area (Å²) in [5.41, 5.74) is 3.96. The number of ether oxygens (including phenoxy) is 2. The third-order valence-electron chi connectivity index (χ3n) is 6.27. The first-order valence-electron chi connectivity index (χ1n) is 10.1. The molecule has 3 aliphatic heterocycles. The smallest absolute Gasteiger partial charge is 0.253 e. The maximum absolute atomic E-state index is 13.0. The Morgan fingerprint density at radius 3 is 2.54 bits per heavy atom. The third kappa shape index (κ3) is 3.08. The Morgan fingerprint density at radius 1 is 1.04 bits per heavy atom. The van der Waals surface area contributed by atoms with E-state index in [1.54, 1.807) is 0 Å². The van der Waals surface area contributed by atoms with Crippen LogP contribution >= 0.6 is 0 Å². The van der Waals surface area contributed by atoms with E-state index in [4.69, 9.17) is 9.47 Å². The molecule has 0 aliphatic carbocycles. The average Bonchev–Trinajstić information content (AvgIpc) is 3.25. The normalized spacial score (nSPS) is 21.6. The summed E-state index contributed by atoms with van der Waals surface area (Å²) in [5, 5.41) is 7.34. The minimum Gasteiger partial charge on any atom is -0.378 e. The topological polar surface area (TPSA) is 70.7 Å². The SMILES string of the molecule is O=C(c1ccc(N2CCOCC2)cc1)N1CCC2(CC1)OCCc1cn[nH]c12. The molecule has 7 heteroatoms. The molecule has 28 heavy (non-hydrogen) atoms. The van der Waals surface area contributed by atoms with Crippen LogP contribution in [0.5, 0.6) is 0 Å². The van der Waals surface area contributed by atoms with E-state index in [1.165, 1.54) is 5.56 Å². The second-order valence-corrected chi connectivity index (χ2v) is 7.80. The van der Waals surface area contributed by atoms with Crippen LogP contribution in [0.3, 0.4) is 0 Å². The van der Waals surface area contributed by atoms with Crippen molar-refractivity contribution < 1.29 is 14.3 Å². The molecular formula is C21H26N4O3. The predicted molar refractivity (Wildman–Crippen MR) is 105 cm³/mol. The summed E-state index contributed by atoms with van der Waals surface area (Å²) in [7, 11) is 0. The number of nitrogens with zero attached hydrogens (tertiary/aromatic N) is 3. The second-order valence-electron chi connectivity index (χ2n) is 7.80. The van der Waals surface area contributed by atoms with Crippen molar-refractivity contribution in [3.05, 3.63) is 47.3 Å². The van der Waals surface area contributed by atoms with Gasteiger partial charge in [-0.25, -0.2) is 0 Å². The van der Waals surface area contributed by atoms with E-state index in [0.717, 1.165) is 69.1 Å². The lowest BCUT2D eigenvalue weighted by Crippen LogP contribution is -2.48. The lowest BCUT2D eigenvalue weighted by Gasteiger charge is -2.43. The van der Waals surface area contributed by atoms with Crippen LogP contribution in [0.25, 0.3) is 0 Å². The number of nitrogens with one attached hydrogen (secondary N) is 1. The van der Waals surface area contributed by atoms with Crippen molar-refractivity contribution in [3.63, 3.8) is 0 Å². The molecule has 148 valence electrons. The van der Waals surface area contributed by atoms with Gasteiger partial charge in [0, 0.05) is 37.4 Å². The number of amides is 1. The van der Waals surface area contributed by atoms with Crippen molar-refractivity contribution >= 4 is 11.6 Å². The highest BCUT2D eigenvalue weighted by atomic mass is 16.5. The highest BCUT2D eigenvalue weighted by Gasteiger charge is 2.43.